The van der Waals surface area contributed by atoms with Crippen LogP contribution < -0.4 is 5.56 Å². The molecule has 5 aromatic rings. The fraction of sp³-hybridized carbons (Fsp3) is 0.125. The van der Waals surface area contributed by atoms with Crippen LogP contribution in [0.15, 0.2) is 87.4 Å². The van der Waals surface area contributed by atoms with Crippen LogP contribution in [0.3, 0.4) is 0 Å². The lowest BCUT2D eigenvalue weighted by Gasteiger charge is -2.13. The van der Waals surface area contributed by atoms with Gasteiger partial charge in [0.05, 0.1) is 18.5 Å². The van der Waals surface area contributed by atoms with Gasteiger partial charge >= 0.3 is 0 Å². The molecule has 3 heterocycles. The van der Waals surface area contributed by atoms with Gasteiger partial charge in [0.15, 0.2) is 14.8 Å². The largest absolute Gasteiger partial charge is 0.467 e. The summed E-state index contributed by atoms with van der Waals surface area (Å²) in [4.78, 5) is 18.5. The van der Waals surface area contributed by atoms with Crippen LogP contribution in [0.1, 0.15) is 16.9 Å². The Labute approximate surface area is 198 Å². The summed E-state index contributed by atoms with van der Waals surface area (Å²) in [5, 5.41) is 0.635. The molecular formula is C24H19N3O2S3. The molecule has 160 valence electrons. The summed E-state index contributed by atoms with van der Waals surface area (Å²) in [6, 6.07) is 21.7. The molecule has 0 aliphatic heterocycles. The number of para-hydroxylation sites is 1. The second-order valence-corrected chi connectivity index (χ2v) is 9.92. The first kappa shape index (κ1) is 20.9. The average molecular weight is 478 g/mol. The minimum Gasteiger partial charge on any atom is -0.467 e. The van der Waals surface area contributed by atoms with E-state index in [0.29, 0.717) is 31.8 Å². The van der Waals surface area contributed by atoms with Crippen LogP contribution in [0, 0.1) is 10.9 Å². The second-order valence-electron chi connectivity index (χ2n) is 7.33. The number of nitrogens with zero attached hydrogens (tertiary/aromatic N) is 3. The van der Waals surface area contributed by atoms with Crippen molar-refractivity contribution in [3.63, 3.8) is 0 Å². The van der Waals surface area contributed by atoms with Crippen molar-refractivity contribution >= 4 is 45.7 Å². The van der Waals surface area contributed by atoms with Crippen molar-refractivity contribution in [2.45, 2.75) is 24.4 Å². The smallest absolute Gasteiger partial charge is 0.278 e. The molecule has 0 radical (unpaired) electrons. The molecule has 0 aliphatic rings. The number of aromatic nitrogens is 3. The van der Waals surface area contributed by atoms with E-state index in [4.69, 9.17) is 21.6 Å². The summed E-state index contributed by atoms with van der Waals surface area (Å²) >= 11 is 8.42. The van der Waals surface area contributed by atoms with Crippen molar-refractivity contribution in [3.8, 4) is 5.69 Å². The summed E-state index contributed by atoms with van der Waals surface area (Å²) in [6.07, 6.45) is 1.63. The highest BCUT2D eigenvalue weighted by Crippen LogP contribution is 2.27. The van der Waals surface area contributed by atoms with Gasteiger partial charge in [0, 0.05) is 5.75 Å². The molecular weight excluding hydrogens is 458 g/mol. The quantitative estimate of drug-likeness (QED) is 0.165. The normalized spacial score (nSPS) is 11.3. The van der Waals surface area contributed by atoms with E-state index in [1.54, 1.807) is 22.6 Å². The van der Waals surface area contributed by atoms with Crippen LogP contribution in [0.25, 0.3) is 16.0 Å². The van der Waals surface area contributed by atoms with Crippen LogP contribution in [0.5, 0.6) is 0 Å². The van der Waals surface area contributed by atoms with Gasteiger partial charge in [-0.15, -0.1) is 0 Å². The van der Waals surface area contributed by atoms with E-state index in [0.717, 1.165) is 11.4 Å². The molecule has 5 nitrogen and oxygen atoms in total. The SMILES string of the molecule is Cc1ccc(CSc2nc3c(sc(=S)n3Cc3ccco3)c(=O)n2-c2ccccc2)cc1. The van der Waals surface area contributed by atoms with Gasteiger partial charge in [0.1, 0.15) is 10.5 Å². The van der Waals surface area contributed by atoms with Crippen molar-refractivity contribution in [1.82, 2.24) is 14.1 Å². The summed E-state index contributed by atoms with van der Waals surface area (Å²) in [7, 11) is 0. The van der Waals surface area contributed by atoms with Crippen LogP contribution in [0.2, 0.25) is 0 Å². The van der Waals surface area contributed by atoms with Crippen molar-refractivity contribution in [1.29, 1.82) is 0 Å². The number of hydrogen-bond acceptors (Lipinski definition) is 6. The molecule has 5 rings (SSSR count). The van der Waals surface area contributed by atoms with Gasteiger partial charge < -0.3 is 4.42 Å². The molecule has 0 atom stereocenters. The number of thiazole rings is 1. The van der Waals surface area contributed by atoms with Crippen molar-refractivity contribution in [2.24, 2.45) is 0 Å². The maximum atomic E-state index is 13.6. The molecule has 0 amide bonds. The lowest BCUT2D eigenvalue weighted by atomic mass is 10.2. The lowest BCUT2D eigenvalue weighted by molar-refractivity contribution is 0.495. The number of aryl methyl sites for hydroxylation is 1. The third kappa shape index (κ3) is 4.09. The molecule has 0 spiro atoms. The third-order valence-corrected chi connectivity index (χ3v) is 7.49. The summed E-state index contributed by atoms with van der Waals surface area (Å²) < 4.78 is 10.2. The van der Waals surface area contributed by atoms with Crippen LogP contribution in [0.4, 0.5) is 0 Å². The Hall–Kier alpha value is -2.94. The number of hydrogen-bond donors (Lipinski definition) is 0. The van der Waals surface area contributed by atoms with E-state index in [2.05, 4.69) is 31.2 Å². The van der Waals surface area contributed by atoms with Crippen LogP contribution >= 0.6 is 35.3 Å². The number of thioether (sulfide) groups is 1. The first-order valence-electron chi connectivity index (χ1n) is 10.0. The highest BCUT2D eigenvalue weighted by atomic mass is 32.2. The molecule has 0 saturated heterocycles. The molecule has 32 heavy (non-hydrogen) atoms. The Kier molecular flexibility index (Phi) is 5.82. The van der Waals surface area contributed by atoms with Gasteiger partial charge in [0.2, 0.25) is 0 Å². The average Bonchev–Trinajstić information content (AvgIpc) is 3.43. The number of rotatable bonds is 6. The molecule has 3 aromatic heterocycles. The van der Waals surface area contributed by atoms with Gasteiger partial charge in [0.25, 0.3) is 5.56 Å². The fourth-order valence-corrected chi connectivity index (χ4v) is 5.63. The van der Waals surface area contributed by atoms with E-state index in [1.165, 1.54) is 22.5 Å². The maximum absolute atomic E-state index is 13.6. The minimum absolute atomic E-state index is 0.109. The zero-order valence-electron chi connectivity index (χ0n) is 17.2. The van der Waals surface area contributed by atoms with Crippen LogP contribution in [-0.4, -0.2) is 14.1 Å². The summed E-state index contributed by atoms with van der Waals surface area (Å²) in [6.45, 7) is 2.51. The topological polar surface area (TPSA) is 53.0 Å². The highest BCUT2D eigenvalue weighted by Gasteiger charge is 2.19. The van der Waals surface area contributed by atoms with Gasteiger partial charge in [-0.2, -0.15) is 0 Å². The van der Waals surface area contributed by atoms with E-state index in [-0.39, 0.29) is 5.56 Å². The second kappa shape index (κ2) is 8.90. The van der Waals surface area contributed by atoms with Crippen molar-refractivity contribution < 1.29 is 4.42 Å². The Balaban J connectivity index is 1.65. The standard InChI is InChI=1S/C24H19N3O2S3/c1-16-9-11-17(12-10-16)15-31-23-25-21-20(22(28)27(23)18-6-3-2-4-7-18)32-24(30)26(21)14-19-8-5-13-29-19/h2-13H,14-15H2,1H3. The Morgan fingerprint density at radius 3 is 2.56 bits per heavy atom. The van der Waals surface area contributed by atoms with Crippen molar-refractivity contribution in [2.75, 3.05) is 0 Å². The highest BCUT2D eigenvalue weighted by molar-refractivity contribution is 7.98. The third-order valence-electron chi connectivity index (χ3n) is 5.06. The Morgan fingerprint density at radius 1 is 1.06 bits per heavy atom. The number of furan rings is 1. The molecule has 0 N–H and O–H groups in total. The summed E-state index contributed by atoms with van der Waals surface area (Å²) in [5.41, 5.74) is 3.67. The number of fused-ring (bicyclic) bond motifs is 1. The van der Waals surface area contributed by atoms with E-state index in [9.17, 15) is 4.79 Å². The van der Waals surface area contributed by atoms with Gasteiger partial charge in [-0.3, -0.25) is 13.9 Å². The van der Waals surface area contributed by atoms with Crippen molar-refractivity contribution in [3.05, 3.63) is 104 Å². The predicted molar refractivity (Wildman–Crippen MR) is 133 cm³/mol. The molecule has 8 heteroatoms. The molecule has 2 aromatic carbocycles. The summed E-state index contributed by atoms with van der Waals surface area (Å²) in [5.74, 6) is 1.47. The van der Waals surface area contributed by atoms with E-state index < -0.39 is 0 Å². The van der Waals surface area contributed by atoms with Crippen LogP contribution in [-0.2, 0) is 12.3 Å². The van der Waals surface area contributed by atoms with E-state index >= 15 is 0 Å². The minimum atomic E-state index is -0.109. The molecule has 0 bridgehead atoms. The first-order chi connectivity index (χ1) is 15.6. The molecule has 0 unspecified atom stereocenters. The van der Waals surface area contributed by atoms with E-state index in [1.807, 2.05) is 47.0 Å². The Morgan fingerprint density at radius 2 is 1.84 bits per heavy atom. The van der Waals surface area contributed by atoms with Gasteiger partial charge in [-0.25, -0.2) is 4.98 Å². The zero-order valence-corrected chi connectivity index (χ0v) is 19.7. The first-order valence-corrected chi connectivity index (χ1v) is 12.2. The maximum Gasteiger partial charge on any atom is 0.278 e. The Bertz CT molecular complexity index is 1480. The fourth-order valence-electron chi connectivity index (χ4n) is 3.41. The molecule has 0 aliphatic carbocycles. The number of benzene rings is 2. The lowest BCUT2D eigenvalue weighted by Crippen LogP contribution is -2.21. The molecule has 0 fully saturated rings. The van der Waals surface area contributed by atoms with Gasteiger partial charge in [-0.05, 0) is 49.0 Å². The predicted octanol–water partition coefficient (Wildman–Crippen LogP) is 6.22. The monoisotopic (exact) mass is 477 g/mol. The zero-order chi connectivity index (χ0) is 22.1. The van der Waals surface area contributed by atoms with Gasteiger partial charge in [-0.1, -0.05) is 71.1 Å². The molecule has 0 saturated carbocycles.